The molecule has 1 aromatic carbocycles. The minimum absolute atomic E-state index is 0.0717. The van der Waals surface area contributed by atoms with Gasteiger partial charge in [0.2, 0.25) is 5.91 Å². The first-order valence-electron chi connectivity index (χ1n) is 10.4. The zero-order valence-corrected chi connectivity index (χ0v) is 13.4. The summed E-state index contributed by atoms with van der Waals surface area (Å²) in [7, 11) is 0. The molecule has 1 N–H and O–H groups in total. The van der Waals surface area contributed by atoms with Gasteiger partial charge in [-0.25, -0.2) is 9.78 Å². The van der Waals surface area contributed by atoms with Crippen molar-refractivity contribution in [2.24, 2.45) is 0 Å². The fourth-order valence-corrected chi connectivity index (χ4v) is 2.55. The molecule has 0 radical (unpaired) electrons. The van der Waals surface area contributed by atoms with Gasteiger partial charge in [0.1, 0.15) is 5.65 Å². The lowest BCUT2D eigenvalue weighted by Gasteiger charge is -2.11. The van der Waals surface area contributed by atoms with Crippen LogP contribution in [0.25, 0.3) is 16.9 Å². The van der Waals surface area contributed by atoms with Crippen molar-refractivity contribution in [1.82, 2.24) is 14.3 Å². The van der Waals surface area contributed by atoms with Crippen molar-refractivity contribution in [2.45, 2.75) is 13.3 Å². The van der Waals surface area contributed by atoms with E-state index in [4.69, 9.17) is 8.22 Å². The number of rotatable bonds is 4. The van der Waals surface area contributed by atoms with Gasteiger partial charge in [0, 0.05) is 33.9 Å². The number of aryl methyl sites for hydroxylation is 1. The maximum atomic E-state index is 12.9. The summed E-state index contributed by atoms with van der Waals surface area (Å²) >= 11 is 0. The molecule has 0 aliphatic rings. The molecule has 6 nitrogen and oxygen atoms in total. The van der Waals surface area contributed by atoms with Gasteiger partial charge in [-0.05, 0) is 19.1 Å². The van der Waals surface area contributed by atoms with Crippen LogP contribution < -0.4 is 0 Å². The van der Waals surface area contributed by atoms with Crippen molar-refractivity contribution < 1.29 is 22.9 Å². The molecule has 25 heavy (non-hydrogen) atoms. The van der Waals surface area contributed by atoms with Crippen molar-refractivity contribution >= 4 is 17.5 Å². The third-order valence-corrected chi connectivity index (χ3v) is 3.86. The topological polar surface area (TPSA) is 74.9 Å². The van der Waals surface area contributed by atoms with Gasteiger partial charge < -0.3 is 14.4 Å². The second-order valence-electron chi connectivity index (χ2n) is 5.63. The molecular weight excluding hydrogens is 318 g/mol. The number of carbonyl (C=O) groups excluding carboxylic acids is 1. The number of carboxylic acids is 1. The highest BCUT2D eigenvalue weighted by Gasteiger charge is 2.19. The molecule has 3 aromatic rings. The van der Waals surface area contributed by atoms with Crippen molar-refractivity contribution in [3.63, 3.8) is 0 Å². The number of carboxylic acid groups (broad SMARTS) is 1. The van der Waals surface area contributed by atoms with E-state index in [9.17, 15) is 14.7 Å². The number of nitrogens with zero attached hydrogens (tertiary/aromatic N) is 3. The summed E-state index contributed by atoms with van der Waals surface area (Å²) in [5.74, 6) is -2.35. The third kappa shape index (κ3) is 3.24. The maximum absolute atomic E-state index is 12.9. The normalized spacial score (nSPS) is 15.4. The first kappa shape index (κ1) is 10.7. The number of aromatic carboxylic acids is 1. The van der Waals surface area contributed by atoms with Crippen LogP contribution in [0.4, 0.5) is 0 Å². The Hall–Kier alpha value is -3.15. The van der Waals surface area contributed by atoms with E-state index in [1.54, 1.807) is 12.1 Å². The Labute approximate surface area is 153 Å². The smallest absolute Gasteiger partial charge is 0.337 e. The summed E-state index contributed by atoms with van der Waals surface area (Å²) in [6.45, 7) is -4.47. The molecule has 0 aliphatic heterocycles. The average Bonchev–Trinajstić information content (AvgIpc) is 2.97. The van der Waals surface area contributed by atoms with Gasteiger partial charge in [-0.3, -0.25) is 4.79 Å². The lowest BCUT2D eigenvalue weighted by molar-refractivity contribution is -0.128. The molecule has 0 bridgehead atoms. The number of fused-ring (bicyclic) bond motifs is 1. The minimum Gasteiger partial charge on any atom is -0.478 e. The molecule has 0 fully saturated rings. The Bertz CT molecular complexity index is 1140. The van der Waals surface area contributed by atoms with Crippen molar-refractivity contribution in [2.75, 3.05) is 14.0 Å². The lowest BCUT2D eigenvalue weighted by atomic mass is 10.1. The monoisotopic (exact) mass is 343 g/mol. The predicted octanol–water partition coefficient (Wildman–Crippen LogP) is 2.64. The molecule has 0 saturated heterocycles. The van der Waals surface area contributed by atoms with E-state index < -0.39 is 32.2 Å². The van der Waals surface area contributed by atoms with Crippen molar-refractivity contribution in [1.29, 1.82) is 0 Å². The Morgan fingerprint density at radius 2 is 1.92 bits per heavy atom. The van der Waals surface area contributed by atoms with Crippen LogP contribution in [-0.4, -0.2) is 45.2 Å². The Morgan fingerprint density at radius 3 is 2.56 bits per heavy atom. The number of hydrogen-bond donors (Lipinski definition) is 1. The molecule has 1 amide bonds. The number of amides is 1. The van der Waals surface area contributed by atoms with Crippen LogP contribution in [0, 0.1) is 6.92 Å². The molecular formula is C19H19N3O3. The van der Waals surface area contributed by atoms with E-state index >= 15 is 0 Å². The highest BCUT2D eigenvalue weighted by molar-refractivity contribution is 5.88. The lowest BCUT2D eigenvalue weighted by Crippen LogP contribution is -2.24. The van der Waals surface area contributed by atoms with E-state index in [0.717, 1.165) is 5.56 Å². The van der Waals surface area contributed by atoms with E-state index in [-0.39, 0.29) is 16.2 Å². The van der Waals surface area contributed by atoms with Crippen LogP contribution in [0.1, 0.15) is 29.8 Å². The van der Waals surface area contributed by atoms with Crippen LogP contribution in [0.3, 0.4) is 0 Å². The van der Waals surface area contributed by atoms with Gasteiger partial charge in [-0.15, -0.1) is 0 Å². The first-order chi connectivity index (χ1) is 14.3. The summed E-state index contributed by atoms with van der Waals surface area (Å²) < 4.78 is 46.2. The number of benzene rings is 1. The maximum Gasteiger partial charge on any atom is 0.337 e. The van der Waals surface area contributed by atoms with E-state index in [0.29, 0.717) is 16.9 Å². The second-order valence-corrected chi connectivity index (χ2v) is 5.63. The van der Waals surface area contributed by atoms with Crippen molar-refractivity contribution in [3.8, 4) is 11.3 Å². The minimum atomic E-state index is -3.18. The summed E-state index contributed by atoms with van der Waals surface area (Å²) in [5, 5.41) is 9.32. The Morgan fingerprint density at radius 1 is 1.20 bits per heavy atom. The second kappa shape index (κ2) is 6.39. The molecule has 0 atom stereocenters. The quantitative estimate of drug-likeness (QED) is 0.790. The van der Waals surface area contributed by atoms with E-state index in [1.807, 2.05) is 19.1 Å². The van der Waals surface area contributed by atoms with Gasteiger partial charge in [-0.1, -0.05) is 29.8 Å². The summed E-state index contributed by atoms with van der Waals surface area (Å²) in [6, 6.07) is 9.98. The fraction of sp³-hybridized carbons (Fsp3) is 0.211. The van der Waals surface area contributed by atoms with Gasteiger partial charge in [0.25, 0.3) is 0 Å². The number of aromatic nitrogens is 2. The summed E-state index contributed by atoms with van der Waals surface area (Å²) in [5.41, 5.74) is 2.37. The SMILES string of the molecule is [2H]C([2H])([2H])N(C(=O)Cc1c(-c2ccc(C)cc2)nc2ccc(C(=O)O)cn12)C([2H])([2H])[2H]. The number of imidazole rings is 1. The molecule has 6 heteroatoms. The average molecular weight is 343 g/mol. The zero-order chi connectivity index (χ0) is 23.1. The molecule has 3 rings (SSSR count). The fourth-order valence-electron chi connectivity index (χ4n) is 2.55. The predicted molar refractivity (Wildman–Crippen MR) is 94.7 cm³/mol. The van der Waals surface area contributed by atoms with Crippen molar-refractivity contribution in [3.05, 3.63) is 59.4 Å². The number of likely N-dealkylation sites (N-methyl/N-ethyl adjacent to an activating group) is 1. The number of pyridine rings is 1. The zero-order valence-electron chi connectivity index (χ0n) is 19.4. The van der Waals surface area contributed by atoms with E-state index in [1.165, 1.54) is 22.7 Å². The number of carbonyl (C=O) groups is 2. The highest BCUT2D eigenvalue weighted by atomic mass is 16.4. The van der Waals surface area contributed by atoms with Crippen LogP contribution in [0.15, 0.2) is 42.6 Å². The van der Waals surface area contributed by atoms with Gasteiger partial charge >= 0.3 is 5.97 Å². The standard InChI is InChI=1S/C19H19N3O3/c1-12-4-6-13(7-5-12)18-15(10-17(23)21(2)3)22-11-14(19(24)25)8-9-16(22)20-18/h4-9,11H,10H2,1-3H3,(H,24,25)/i2D3,3D3. The third-order valence-electron chi connectivity index (χ3n) is 3.86. The highest BCUT2D eigenvalue weighted by Crippen LogP contribution is 2.26. The van der Waals surface area contributed by atoms with E-state index in [2.05, 4.69) is 4.98 Å². The molecule has 0 spiro atoms. The molecule has 0 aliphatic carbocycles. The molecule has 0 unspecified atom stereocenters. The number of hydrogen-bond acceptors (Lipinski definition) is 3. The van der Waals surface area contributed by atoms with Gasteiger partial charge in [0.05, 0.1) is 23.4 Å². The summed E-state index contributed by atoms with van der Waals surface area (Å²) in [4.78, 5) is 28.6. The molecule has 2 aromatic heterocycles. The first-order valence-corrected chi connectivity index (χ1v) is 7.43. The summed E-state index contributed by atoms with van der Waals surface area (Å²) in [6.07, 6.45) is 0.657. The molecule has 2 heterocycles. The largest absolute Gasteiger partial charge is 0.478 e. The Kier molecular flexibility index (Phi) is 2.73. The van der Waals surface area contributed by atoms with Crippen LogP contribution in [0.5, 0.6) is 0 Å². The molecule has 128 valence electrons. The van der Waals surface area contributed by atoms with Crippen LogP contribution >= 0.6 is 0 Å². The van der Waals surface area contributed by atoms with Gasteiger partial charge in [0.15, 0.2) is 0 Å². The van der Waals surface area contributed by atoms with Crippen LogP contribution in [0.2, 0.25) is 0 Å². The van der Waals surface area contributed by atoms with Gasteiger partial charge in [-0.2, -0.15) is 0 Å². The molecule has 0 saturated carbocycles. The Balaban J connectivity index is 2.19. The van der Waals surface area contributed by atoms with Crippen LogP contribution in [-0.2, 0) is 11.2 Å².